The number of nitrogens with one attached hydrogen (secondary N) is 1. The van der Waals surface area contributed by atoms with Crippen molar-refractivity contribution in [3.8, 4) is 0 Å². The van der Waals surface area contributed by atoms with E-state index in [1.54, 1.807) is 13.2 Å². The third kappa shape index (κ3) is 4.70. The van der Waals surface area contributed by atoms with Gasteiger partial charge in [-0.25, -0.2) is 4.99 Å². The van der Waals surface area contributed by atoms with Gasteiger partial charge in [0.2, 0.25) is 0 Å². The standard InChI is InChI=1S/C31H32N6O/c1-21-23(16-26-29(10-7-11-30(26)38)37(21)25-8-5-4-6-9-25)18-34-24-14-12-22(13-15-24)28-19-36(3)31(27(28)17-32)35-20-33-2/h4-6,8-9,12-17,19-20,34H,1,7,10-11,18,32H2,2-3H3/b27-17+,33-20-,35-31+. The molecule has 2 aromatic rings. The van der Waals surface area contributed by atoms with Crippen LogP contribution in [0.1, 0.15) is 24.8 Å². The molecule has 0 unspecified atom stereocenters. The molecular formula is C31H32N6O. The summed E-state index contributed by atoms with van der Waals surface area (Å²) in [7, 11) is 3.63. The Morgan fingerprint density at radius 1 is 1.11 bits per heavy atom. The third-order valence-corrected chi connectivity index (χ3v) is 7.00. The molecule has 0 atom stereocenters. The van der Waals surface area contributed by atoms with Gasteiger partial charge in [0.15, 0.2) is 5.78 Å². The smallest absolute Gasteiger partial charge is 0.164 e. The second-order valence-electron chi connectivity index (χ2n) is 9.42. The minimum atomic E-state index is 0.202. The zero-order chi connectivity index (χ0) is 26.6. The molecule has 38 heavy (non-hydrogen) atoms. The lowest BCUT2D eigenvalue weighted by molar-refractivity contribution is -0.115. The minimum Gasteiger partial charge on any atom is -0.404 e. The molecule has 0 saturated heterocycles. The molecule has 2 aliphatic heterocycles. The maximum Gasteiger partial charge on any atom is 0.164 e. The summed E-state index contributed by atoms with van der Waals surface area (Å²) in [6, 6.07) is 18.4. The van der Waals surface area contributed by atoms with Gasteiger partial charge in [0.05, 0.1) is 0 Å². The van der Waals surface area contributed by atoms with Gasteiger partial charge in [-0.3, -0.25) is 9.79 Å². The highest BCUT2D eigenvalue weighted by Gasteiger charge is 2.31. The molecule has 7 heteroatoms. The Morgan fingerprint density at radius 2 is 1.87 bits per heavy atom. The van der Waals surface area contributed by atoms with Gasteiger partial charge in [0.1, 0.15) is 12.2 Å². The summed E-state index contributed by atoms with van der Waals surface area (Å²) in [4.78, 5) is 25.3. The maximum absolute atomic E-state index is 12.8. The summed E-state index contributed by atoms with van der Waals surface area (Å²) in [5.74, 6) is 0.958. The number of Topliss-reactive ketones (excluding diaryl/α,β-unsaturated/α-hetero) is 1. The topological polar surface area (TPSA) is 86.3 Å². The first-order valence-electron chi connectivity index (χ1n) is 12.7. The Morgan fingerprint density at radius 3 is 2.58 bits per heavy atom. The van der Waals surface area contributed by atoms with Crippen LogP contribution in [0.4, 0.5) is 11.4 Å². The first-order chi connectivity index (χ1) is 18.5. The van der Waals surface area contributed by atoms with Gasteiger partial charge < -0.3 is 20.9 Å². The summed E-state index contributed by atoms with van der Waals surface area (Å²) in [5.41, 5.74) is 14.6. The van der Waals surface area contributed by atoms with Crippen LogP contribution >= 0.6 is 0 Å². The van der Waals surface area contributed by atoms with Crippen LogP contribution in [0.2, 0.25) is 0 Å². The highest BCUT2D eigenvalue weighted by Crippen LogP contribution is 2.39. The van der Waals surface area contributed by atoms with Crippen molar-refractivity contribution in [1.82, 2.24) is 4.90 Å². The summed E-state index contributed by atoms with van der Waals surface area (Å²) >= 11 is 0. The van der Waals surface area contributed by atoms with E-state index in [9.17, 15) is 4.79 Å². The van der Waals surface area contributed by atoms with Gasteiger partial charge >= 0.3 is 0 Å². The van der Waals surface area contributed by atoms with Gasteiger partial charge in [0.25, 0.3) is 0 Å². The number of allylic oxidation sites excluding steroid dienone is 3. The number of amidine groups is 1. The highest BCUT2D eigenvalue weighted by molar-refractivity contribution is 6.17. The van der Waals surface area contributed by atoms with Crippen LogP contribution in [0, 0.1) is 0 Å². The fraction of sp³-hybridized carbons (Fsp3) is 0.194. The van der Waals surface area contributed by atoms with Gasteiger partial charge in [0, 0.05) is 78.9 Å². The van der Waals surface area contributed by atoms with Gasteiger partial charge in [-0.2, -0.15) is 0 Å². The SMILES string of the molecule is C=C1C(CNc2ccc(C3=CN(C)C(=N/C=N\C)/C3=C/N)cc2)=CC2=C(CCCC2=O)N1c1ccccc1. The van der Waals surface area contributed by atoms with Crippen molar-refractivity contribution in [2.24, 2.45) is 15.7 Å². The van der Waals surface area contributed by atoms with Gasteiger partial charge in [-0.05, 0) is 54.3 Å². The lowest BCUT2D eigenvalue weighted by Crippen LogP contribution is -2.32. The molecule has 0 aromatic heterocycles. The fourth-order valence-corrected chi connectivity index (χ4v) is 5.12. The molecule has 1 aliphatic carbocycles. The number of ketones is 1. The van der Waals surface area contributed by atoms with E-state index in [-0.39, 0.29) is 5.78 Å². The van der Waals surface area contributed by atoms with Crippen LogP contribution in [0.5, 0.6) is 0 Å². The number of aliphatic imine (C=N–C) groups is 2. The maximum atomic E-state index is 12.8. The quantitative estimate of drug-likeness (QED) is 0.414. The van der Waals surface area contributed by atoms with Crippen molar-refractivity contribution in [1.29, 1.82) is 0 Å². The van der Waals surface area contributed by atoms with Crippen molar-refractivity contribution < 1.29 is 4.79 Å². The van der Waals surface area contributed by atoms with Crippen LogP contribution in [-0.2, 0) is 4.79 Å². The Labute approximate surface area is 223 Å². The zero-order valence-corrected chi connectivity index (χ0v) is 21.8. The molecule has 7 nitrogen and oxygen atoms in total. The summed E-state index contributed by atoms with van der Waals surface area (Å²) in [6.07, 6.45) is 9.48. The predicted molar refractivity (Wildman–Crippen MR) is 157 cm³/mol. The molecule has 0 radical (unpaired) electrons. The molecule has 0 fully saturated rings. The normalized spacial score (nSPS) is 19.9. The zero-order valence-electron chi connectivity index (χ0n) is 21.8. The lowest BCUT2D eigenvalue weighted by Gasteiger charge is -2.37. The molecule has 0 saturated carbocycles. The molecular weight excluding hydrogens is 472 g/mol. The van der Waals surface area contributed by atoms with Crippen LogP contribution in [0.3, 0.4) is 0 Å². The van der Waals surface area contributed by atoms with E-state index in [2.05, 4.69) is 51.0 Å². The van der Waals surface area contributed by atoms with E-state index >= 15 is 0 Å². The Bertz CT molecular complexity index is 1440. The van der Waals surface area contributed by atoms with Gasteiger partial charge in [-0.1, -0.05) is 36.9 Å². The fourth-order valence-electron chi connectivity index (χ4n) is 5.12. The van der Waals surface area contributed by atoms with Crippen molar-refractivity contribution >= 4 is 34.9 Å². The minimum absolute atomic E-state index is 0.202. The number of anilines is 2. The van der Waals surface area contributed by atoms with E-state index in [0.717, 1.165) is 69.3 Å². The first-order valence-corrected chi connectivity index (χ1v) is 12.7. The molecule has 3 N–H and O–H groups in total. The number of carbonyl (C=O) groups is 1. The summed E-state index contributed by atoms with van der Waals surface area (Å²) in [6.45, 7) is 4.98. The molecule has 5 rings (SSSR count). The van der Waals surface area contributed by atoms with Gasteiger partial charge in [-0.15, -0.1) is 0 Å². The van der Waals surface area contributed by atoms with Crippen LogP contribution in [0.15, 0.2) is 118 Å². The Hall–Kier alpha value is -4.65. The largest absolute Gasteiger partial charge is 0.404 e. The second kappa shape index (κ2) is 10.8. The number of nitrogens with two attached hydrogens (primary N) is 1. The Balaban J connectivity index is 1.35. The molecule has 2 heterocycles. The Kier molecular flexibility index (Phi) is 7.09. The third-order valence-electron chi connectivity index (χ3n) is 7.00. The predicted octanol–water partition coefficient (Wildman–Crippen LogP) is 5.25. The molecule has 192 valence electrons. The van der Waals surface area contributed by atoms with E-state index in [4.69, 9.17) is 5.73 Å². The average Bonchev–Trinajstić information content (AvgIpc) is 3.26. The number of benzene rings is 2. The molecule has 0 amide bonds. The highest BCUT2D eigenvalue weighted by atomic mass is 16.1. The molecule has 2 aromatic carbocycles. The van der Waals surface area contributed by atoms with Crippen LogP contribution < -0.4 is 16.0 Å². The number of hydrogen-bond donors (Lipinski definition) is 2. The first kappa shape index (κ1) is 25.0. The summed E-state index contributed by atoms with van der Waals surface area (Å²) in [5, 5.41) is 3.52. The number of rotatable bonds is 6. The van der Waals surface area contributed by atoms with Crippen LogP contribution in [0.25, 0.3) is 5.57 Å². The van der Waals surface area contributed by atoms with Crippen molar-refractivity contribution in [3.05, 3.63) is 113 Å². The molecule has 0 spiro atoms. The van der Waals surface area contributed by atoms with E-state index in [1.807, 2.05) is 54.6 Å². The van der Waals surface area contributed by atoms with E-state index in [1.165, 1.54) is 6.34 Å². The molecule has 3 aliphatic rings. The number of likely N-dealkylation sites (N-methyl/N-ethyl adjacent to an activating group) is 1. The van der Waals surface area contributed by atoms with Crippen molar-refractivity contribution in [2.45, 2.75) is 19.3 Å². The second-order valence-corrected chi connectivity index (χ2v) is 9.42. The monoisotopic (exact) mass is 504 g/mol. The van der Waals surface area contributed by atoms with Crippen molar-refractivity contribution in [2.75, 3.05) is 30.9 Å². The molecule has 0 bridgehead atoms. The average molecular weight is 505 g/mol. The van der Waals surface area contributed by atoms with E-state index in [0.29, 0.717) is 13.0 Å². The number of carbonyl (C=O) groups excluding carboxylic acids is 1. The van der Waals surface area contributed by atoms with Crippen molar-refractivity contribution in [3.63, 3.8) is 0 Å². The van der Waals surface area contributed by atoms with E-state index < -0.39 is 0 Å². The number of nitrogens with zero attached hydrogens (tertiary/aromatic N) is 4. The number of para-hydroxylation sites is 1. The summed E-state index contributed by atoms with van der Waals surface area (Å²) < 4.78 is 0. The lowest BCUT2D eigenvalue weighted by atomic mass is 9.88. The van der Waals surface area contributed by atoms with Crippen LogP contribution in [-0.4, -0.2) is 43.5 Å². The number of hydrogen-bond acceptors (Lipinski definition) is 5.